The summed E-state index contributed by atoms with van der Waals surface area (Å²) in [6.45, 7) is 2.09. The molecule has 0 unspecified atom stereocenters. The van der Waals surface area contributed by atoms with E-state index in [9.17, 15) is 9.18 Å². The molecule has 1 amide bonds. The predicted molar refractivity (Wildman–Crippen MR) is 130 cm³/mol. The number of ether oxygens (including phenoxy) is 1. The van der Waals surface area contributed by atoms with Gasteiger partial charge in [-0.3, -0.25) is 4.79 Å². The molecule has 0 aromatic heterocycles. The Morgan fingerprint density at radius 3 is 2.64 bits per heavy atom. The fourth-order valence-electron chi connectivity index (χ4n) is 5.26. The van der Waals surface area contributed by atoms with Crippen molar-refractivity contribution in [3.63, 3.8) is 0 Å². The van der Waals surface area contributed by atoms with Gasteiger partial charge in [-0.25, -0.2) is 4.39 Å². The van der Waals surface area contributed by atoms with Crippen LogP contribution < -0.4 is 15.4 Å². The lowest BCUT2D eigenvalue weighted by molar-refractivity contribution is -0.121. The van der Waals surface area contributed by atoms with Gasteiger partial charge in [0.25, 0.3) is 0 Å². The SMILES string of the molecule is Cl.O=C1Nc2cc(/C=C3\c4ccccc4COc4cc(F)ccc43)ccc2C12CCNCC2. The predicted octanol–water partition coefficient (Wildman–Crippen LogP) is 5.30. The highest BCUT2D eigenvalue weighted by Crippen LogP contribution is 2.45. The molecule has 4 nitrogen and oxygen atoms in total. The molecule has 0 aliphatic carbocycles. The fourth-order valence-corrected chi connectivity index (χ4v) is 5.26. The average molecular weight is 463 g/mol. The summed E-state index contributed by atoms with van der Waals surface area (Å²) >= 11 is 0. The van der Waals surface area contributed by atoms with Crippen LogP contribution in [0.5, 0.6) is 5.75 Å². The zero-order valence-electron chi connectivity index (χ0n) is 18.0. The Morgan fingerprint density at radius 1 is 0.970 bits per heavy atom. The summed E-state index contributed by atoms with van der Waals surface area (Å²) in [6, 6.07) is 19.0. The smallest absolute Gasteiger partial charge is 0.235 e. The normalized spacial score (nSPS) is 18.9. The first-order chi connectivity index (χ1) is 15.6. The van der Waals surface area contributed by atoms with Crippen LogP contribution in [0.4, 0.5) is 10.1 Å². The van der Waals surface area contributed by atoms with Crippen LogP contribution in [0.3, 0.4) is 0 Å². The molecule has 1 fully saturated rings. The van der Waals surface area contributed by atoms with E-state index >= 15 is 0 Å². The maximum atomic E-state index is 13.9. The molecule has 3 heterocycles. The lowest BCUT2D eigenvalue weighted by Crippen LogP contribution is -2.44. The molecule has 1 spiro atoms. The number of benzene rings is 3. The average Bonchev–Trinajstić information content (AvgIpc) is 2.97. The van der Waals surface area contributed by atoms with E-state index in [1.807, 2.05) is 18.2 Å². The number of amides is 1. The van der Waals surface area contributed by atoms with Crippen molar-refractivity contribution in [1.29, 1.82) is 0 Å². The van der Waals surface area contributed by atoms with Crippen molar-refractivity contribution in [2.75, 3.05) is 18.4 Å². The first-order valence-corrected chi connectivity index (χ1v) is 11.0. The molecule has 2 N–H and O–H groups in total. The molecule has 3 aromatic rings. The van der Waals surface area contributed by atoms with Crippen LogP contribution >= 0.6 is 12.4 Å². The van der Waals surface area contributed by atoms with Gasteiger partial charge in [0.15, 0.2) is 0 Å². The number of carbonyl (C=O) groups is 1. The molecule has 0 bridgehead atoms. The van der Waals surface area contributed by atoms with E-state index in [2.05, 4.69) is 41.0 Å². The van der Waals surface area contributed by atoms with E-state index in [-0.39, 0.29) is 24.1 Å². The summed E-state index contributed by atoms with van der Waals surface area (Å²) in [5.41, 5.74) is 6.51. The third kappa shape index (κ3) is 3.52. The fraction of sp³-hybridized carbons (Fsp3) is 0.222. The van der Waals surface area contributed by atoms with Gasteiger partial charge >= 0.3 is 0 Å². The highest BCUT2D eigenvalue weighted by atomic mass is 35.5. The maximum Gasteiger partial charge on any atom is 0.235 e. The highest BCUT2D eigenvalue weighted by molar-refractivity contribution is 6.07. The number of nitrogens with one attached hydrogen (secondary N) is 2. The number of anilines is 1. The molecule has 3 aliphatic rings. The van der Waals surface area contributed by atoms with E-state index in [0.29, 0.717) is 12.4 Å². The van der Waals surface area contributed by atoms with Crippen LogP contribution in [-0.4, -0.2) is 19.0 Å². The molecule has 0 saturated carbocycles. The van der Waals surface area contributed by atoms with Crippen molar-refractivity contribution in [2.24, 2.45) is 0 Å². The minimum Gasteiger partial charge on any atom is -0.488 e. The standard InChI is InChI=1S/C27H23FN2O2.ClH/c28-19-6-7-21-22(20-4-2-1-3-18(20)16-32-25(21)15-19)13-17-5-8-23-24(14-17)30-26(31)27(23)9-11-29-12-10-27;/h1-8,13-15,29H,9-12,16H2,(H,30,31);1H/b22-13+;. The number of carbonyl (C=O) groups excluding carboxylic acids is 1. The third-order valence-corrected chi connectivity index (χ3v) is 6.93. The molecule has 6 heteroatoms. The van der Waals surface area contributed by atoms with Gasteiger partial charge in [0.05, 0.1) is 5.41 Å². The number of fused-ring (bicyclic) bond motifs is 4. The first-order valence-electron chi connectivity index (χ1n) is 11.0. The van der Waals surface area contributed by atoms with Crippen LogP contribution in [0.2, 0.25) is 0 Å². The second-order valence-electron chi connectivity index (χ2n) is 8.74. The van der Waals surface area contributed by atoms with Gasteiger partial charge in [-0.05, 0) is 78.0 Å². The van der Waals surface area contributed by atoms with E-state index in [1.54, 1.807) is 6.07 Å². The highest BCUT2D eigenvalue weighted by Gasteiger charge is 2.47. The van der Waals surface area contributed by atoms with Crippen molar-refractivity contribution < 1.29 is 13.9 Å². The number of rotatable bonds is 1. The van der Waals surface area contributed by atoms with Crippen LogP contribution in [-0.2, 0) is 16.8 Å². The second kappa shape index (κ2) is 8.32. The van der Waals surface area contributed by atoms with Crippen molar-refractivity contribution >= 4 is 35.7 Å². The molecule has 33 heavy (non-hydrogen) atoms. The molecule has 3 aromatic carbocycles. The quantitative estimate of drug-likeness (QED) is 0.515. The van der Waals surface area contributed by atoms with Crippen LogP contribution in [0, 0.1) is 5.82 Å². The minimum atomic E-state index is -0.418. The zero-order chi connectivity index (χ0) is 21.7. The Balaban J connectivity index is 0.00000228. The first kappa shape index (κ1) is 21.7. The topological polar surface area (TPSA) is 50.4 Å². The lowest BCUT2D eigenvalue weighted by Gasteiger charge is -2.32. The van der Waals surface area contributed by atoms with Gasteiger partial charge in [0.1, 0.15) is 18.2 Å². The molecule has 0 radical (unpaired) electrons. The Bertz CT molecular complexity index is 1280. The summed E-state index contributed by atoms with van der Waals surface area (Å²) in [5, 5.41) is 6.48. The third-order valence-electron chi connectivity index (χ3n) is 6.93. The Morgan fingerprint density at radius 2 is 1.79 bits per heavy atom. The molecule has 6 rings (SSSR count). The van der Waals surface area contributed by atoms with E-state index < -0.39 is 5.41 Å². The monoisotopic (exact) mass is 462 g/mol. The minimum absolute atomic E-state index is 0. The molecular formula is C27H24ClFN2O2. The summed E-state index contributed by atoms with van der Waals surface area (Å²) in [5.74, 6) is 0.324. The Kier molecular flexibility index (Phi) is 5.47. The van der Waals surface area contributed by atoms with Gasteiger partial charge in [-0.1, -0.05) is 36.4 Å². The number of piperidine rings is 1. The van der Waals surface area contributed by atoms with E-state index in [1.165, 1.54) is 12.1 Å². The number of hydrogen-bond acceptors (Lipinski definition) is 3. The van der Waals surface area contributed by atoms with Crippen molar-refractivity contribution in [3.05, 3.63) is 94.3 Å². The van der Waals surface area contributed by atoms with Gasteiger partial charge in [0, 0.05) is 17.3 Å². The molecular weight excluding hydrogens is 439 g/mol. The van der Waals surface area contributed by atoms with Crippen molar-refractivity contribution in [1.82, 2.24) is 5.32 Å². The summed E-state index contributed by atoms with van der Waals surface area (Å²) in [7, 11) is 0. The molecule has 3 aliphatic heterocycles. The molecule has 0 atom stereocenters. The van der Waals surface area contributed by atoms with E-state index in [4.69, 9.17) is 4.74 Å². The number of hydrogen-bond donors (Lipinski definition) is 2. The summed E-state index contributed by atoms with van der Waals surface area (Å²) < 4.78 is 19.9. The maximum absolute atomic E-state index is 13.9. The lowest BCUT2D eigenvalue weighted by atomic mass is 9.74. The largest absolute Gasteiger partial charge is 0.488 e. The van der Waals surface area contributed by atoms with Crippen molar-refractivity contribution in [2.45, 2.75) is 24.9 Å². The Hall–Kier alpha value is -3.15. The summed E-state index contributed by atoms with van der Waals surface area (Å²) in [4.78, 5) is 12.9. The van der Waals surface area contributed by atoms with Gasteiger partial charge < -0.3 is 15.4 Å². The van der Waals surface area contributed by atoms with Gasteiger partial charge in [-0.15, -0.1) is 12.4 Å². The molecule has 168 valence electrons. The second-order valence-corrected chi connectivity index (χ2v) is 8.74. The summed E-state index contributed by atoms with van der Waals surface area (Å²) in [6.07, 6.45) is 3.73. The molecule has 1 saturated heterocycles. The van der Waals surface area contributed by atoms with Crippen molar-refractivity contribution in [3.8, 4) is 5.75 Å². The zero-order valence-corrected chi connectivity index (χ0v) is 18.8. The van der Waals surface area contributed by atoms with Crippen LogP contribution in [0.1, 0.15) is 40.7 Å². The number of halogens is 2. The van der Waals surface area contributed by atoms with Crippen LogP contribution in [0.15, 0.2) is 60.7 Å². The Labute approximate surface area is 198 Å². The van der Waals surface area contributed by atoms with E-state index in [0.717, 1.165) is 65.0 Å². The van der Waals surface area contributed by atoms with Gasteiger partial charge in [-0.2, -0.15) is 0 Å². The van der Waals surface area contributed by atoms with Gasteiger partial charge in [0.2, 0.25) is 5.91 Å². The van der Waals surface area contributed by atoms with Crippen LogP contribution in [0.25, 0.3) is 11.6 Å².